The molecule has 0 spiro atoms. The van der Waals surface area contributed by atoms with E-state index in [0.29, 0.717) is 12.1 Å². The van der Waals surface area contributed by atoms with Crippen molar-refractivity contribution in [1.29, 1.82) is 0 Å². The molecule has 14 heavy (non-hydrogen) atoms. The Hall–Kier alpha value is -1.02. The zero-order valence-electron chi connectivity index (χ0n) is 8.79. The standard InChI is InChI=1S/C12H17NO/c1-9-4-3-5-11(8-9)13-12-6-7-14-10(12)2/h3-5,8,10,12-13H,6-7H2,1-2H3/t10-,12-/m0/s1. The summed E-state index contributed by atoms with van der Waals surface area (Å²) in [5.41, 5.74) is 2.49. The van der Waals surface area contributed by atoms with Gasteiger partial charge in [0.2, 0.25) is 0 Å². The molecule has 0 unspecified atom stereocenters. The van der Waals surface area contributed by atoms with Crippen molar-refractivity contribution < 1.29 is 4.74 Å². The molecule has 2 nitrogen and oxygen atoms in total. The van der Waals surface area contributed by atoms with Crippen molar-refractivity contribution in [3.63, 3.8) is 0 Å². The topological polar surface area (TPSA) is 21.3 Å². The van der Waals surface area contributed by atoms with Crippen LogP contribution in [-0.2, 0) is 4.74 Å². The molecule has 2 rings (SSSR count). The SMILES string of the molecule is Cc1cccc(N[C@H]2CCO[C@H]2C)c1. The van der Waals surface area contributed by atoms with Crippen molar-refractivity contribution in [3.05, 3.63) is 29.8 Å². The maximum Gasteiger partial charge on any atom is 0.0748 e. The average Bonchev–Trinajstić information content (AvgIpc) is 2.52. The van der Waals surface area contributed by atoms with Crippen molar-refractivity contribution in [3.8, 4) is 0 Å². The maximum atomic E-state index is 5.51. The van der Waals surface area contributed by atoms with Crippen LogP contribution >= 0.6 is 0 Å². The van der Waals surface area contributed by atoms with Gasteiger partial charge in [-0.3, -0.25) is 0 Å². The third kappa shape index (κ3) is 2.07. The number of ether oxygens (including phenoxy) is 1. The van der Waals surface area contributed by atoms with Gasteiger partial charge in [0.25, 0.3) is 0 Å². The second kappa shape index (κ2) is 4.01. The lowest BCUT2D eigenvalue weighted by molar-refractivity contribution is 0.121. The molecule has 0 bridgehead atoms. The Morgan fingerprint density at radius 1 is 1.43 bits per heavy atom. The molecule has 1 saturated heterocycles. The highest BCUT2D eigenvalue weighted by molar-refractivity contribution is 5.46. The van der Waals surface area contributed by atoms with Gasteiger partial charge in [0.1, 0.15) is 0 Å². The molecule has 0 aromatic heterocycles. The van der Waals surface area contributed by atoms with Crippen molar-refractivity contribution >= 4 is 5.69 Å². The van der Waals surface area contributed by atoms with E-state index in [0.717, 1.165) is 13.0 Å². The molecule has 2 heteroatoms. The van der Waals surface area contributed by atoms with Crippen LogP contribution in [0, 0.1) is 6.92 Å². The van der Waals surface area contributed by atoms with Crippen molar-refractivity contribution in [2.75, 3.05) is 11.9 Å². The molecule has 1 heterocycles. The highest BCUT2D eigenvalue weighted by Crippen LogP contribution is 2.19. The monoisotopic (exact) mass is 191 g/mol. The molecule has 76 valence electrons. The molecule has 2 atom stereocenters. The van der Waals surface area contributed by atoms with Gasteiger partial charge < -0.3 is 10.1 Å². The molecule has 1 aliphatic rings. The molecule has 0 aliphatic carbocycles. The number of anilines is 1. The van der Waals surface area contributed by atoms with Crippen LogP contribution in [0.1, 0.15) is 18.9 Å². The second-order valence-electron chi connectivity index (χ2n) is 3.98. The van der Waals surface area contributed by atoms with E-state index in [9.17, 15) is 0 Å². The smallest absolute Gasteiger partial charge is 0.0748 e. The van der Waals surface area contributed by atoms with Gasteiger partial charge in [0.15, 0.2) is 0 Å². The first-order valence-corrected chi connectivity index (χ1v) is 5.20. The maximum absolute atomic E-state index is 5.51. The van der Waals surface area contributed by atoms with Gasteiger partial charge in [0, 0.05) is 12.3 Å². The summed E-state index contributed by atoms with van der Waals surface area (Å²) in [6.45, 7) is 5.12. The van der Waals surface area contributed by atoms with Gasteiger partial charge in [-0.2, -0.15) is 0 Å². The highest BCUT2D eigenvalue weighted by Gasteiger charge is 2.23. The molecular weight excluding hydrogens is 174 g/mol. The Morgan fingerprint density at radius 3 is 2.93 bits per heavy atom. The molecule has 1 fully saturated rings. The van der Waals surface area contributed by atoms with E-state index >= 15 is 0 Å². The summed E-state index contributed by atoms with van der Waals surface area (Å²) in [4.78, 5) is 0. The zero-order chi connectivity index (χ0) is 9.97. The molecule has 0 saturated carbocycles. The third-order valence-corrected chi connectivity index (χ3v) is 2.75. The lowest BCUT2D eigenvalue weighted by atomic mass is 10.1. The predicted octanol–water partition coefficient (Wildman–Crippen LogP) is 2.58. The Bertz CT molecular complexity index is 311. The summed E-state index contributed by atoms with van der Waals surface area (Å²) >= 11 is 0. The Labute approximate surface area is 85.3 Å². The molecule has 1 aliphatic heterocycles. The summed E-state index contributed by atoms with van der Waals surface area (Å²) in [5.74, 6) is 0. The first-order chi connectivity index (χ1) is 6.75. The van der Waals surface area contributed by atoms with Crippen molar-refractivity contribution in [2.45, 2.75) is 32.4 Å². The Morgan fingerprint density at radius 2 is 2.29 bits per heavy atom. The fraction of sp³-hybridized carbons (Fsp3) is 0.500. The fourth-order valence-electron chi connectivity index (χ4n) is 1.87. The first kappa shape index (κ1) is 9.53. The van der Waals surface area contributed by atoms with Crippen molar-refractivity contribution in [2.24, 2.45) is 0 Å². The predicted molar refractivity (Wildman–Crippen MR) is 58.6 cm³/mol. The van der Waals surface area contributed by atoms with Crippen LogP contribution in [-0.4, -0.2) is 18.8 Å². The van der Waals surface area contributed by atoms with Crippen LogP contribution in [0.5, 0.6) is 0 Å². The third-order valence-electron chi connectivity index (χ3n) is 2.75. The lowest BCUT2D eigenvalue weighted by Crippen LogP contribution is -2.26. The minimum absolute atomic E-state index is 0.329. The summed E-state index contributed by atoms with van der Waals surface area (Å²) < 4.78 is 5.51. The Kier molecular flexibility index (Phi) is 2.73. The molecule has 1 N–H and O–H groups in total. The van der Waals surface area contributed by atoms with E-state index < -0.39 is 0 Å². The molecule has 0 amide bonds. The fourth-order valence-corrected chi connectivity index (χ4v) is 1.87. The van der Waals surface area contributed by atoms with E-state index in [1.807, 2.05) is 0 Å². The van der Waals surface area contributed by atoms with Gasteiger partial charge in [-0.1, -0.05) is 12.1 Å². The second-order valence-corrected chi connectivity index (χ2v) is 3.98. The summed E-state index contributed by atoms with van der Waals surface area (Å²) in [6.07, 6.45) is 1.44. The summed E-state index contributed by atoms with van der Waals surface area (Å²) in [5, 5.41) is 3.51. The van der Waals surface area contributed by atoms with E-state index in [1.54, 1.807) is 0 Å². The van der Waals surface area contributed by atoms with Crippen molar-refractivity contribution in [1.82, 2.24) is 0 Å². The van der Waals surface area contributed by atoms with Crippen LogP contribution in [0.15, 0.2) is 24.3 Å². The number of rotatable bonds is 2. The molecular formula is C12H17NO. The Balaban J connectivity index is 2.03. The molecule has 1 aromatic carbocycles. The van der Waals surface area contributed by atoms with Gasteiger partial charge in [-0.05, 0) is 38.0 Å². The van der Waals surface area contributed by atoms with Gasteiger partial charge in [-0.15, -0.1) is 0 Å². The minimum atomic E-state index is 0.329. The van der Waals surface area contributed by atoms with Gasteiger partial charge in [0.05, 0.1) is 12.1 Å². The normalized spacial score (nSPS) is 26.4. The first-order valence-electron chi connectivity index (χ1n) is 5.20. The van der Waals surface area contributed by atoms with Crippen LogP contribution in [0.4, 0.5) is 5.69 Å². The van der Waals surface area contributed by atoms with Crippen LogP contribution in [0.2, 0.25) is 0 Å². The van der Waals surface area contributed by atoms with Gasteiger partial charge >= 0.3 is 0 Å². The van der Waals surface area contributed by atoms with E-state index in [2.05, 4.69) is 43.4 Å². The number of hydrogen-bond acceptors (Lipinski definition) is 2. The average molecular weight is 191 g/mol. The summed E-state index contributed by atoms with van der Waals surface area (Å²) in [7, 11) is 0. The molecule has 1 aromatic rings. The van der Waals surface area contributed by atoms with Crippen LogP contribution in [0.3, 0.4) is 0 Å². The lowest BCUT2D eigenvalue weighted by Gasteiger charge is -2.17. The minimum Gasteiger partial charge on any atom is -0.380 e. The number of hydrogen-bond donors (Lipinski definition) is 1. The van der Waals surface area contributed by atoms with E-state index in [1.165, 1.54) is 11.3 Å². The van der Waals surface area contributed by atoms with E-state index in [-0.39, 0.29) is 0 Å². The number of nitrogens with one attached hydrogen (secondary N) is 1. The summed E-state index contributed by atoms with van der Waals surface area (Å²) in [6, 6.07) is 8.94. The van der Waals surface area contributed by atoms with E-state index in [4.69, 9.17) is 4.74 Å². The van der Waals surface area contributed by atoms with Crippen LogP contribution < -0.4 is 5.32 Å². The number of benzene rings is 1. The quantitative estimate of drug-likeness (QED) is 0.775. The van der Waals surface area contributed by atoms with Gasteiger partial charge in [-0.25, -0.2) is 0 Å². The highest BCUT2D eigenvalue weighted by atomic mass is 16.5. The molecule has 0 radical (unpaired) electrons. The number of aryl methyl sites for hydroxylation is 1. The van der Waals surface area contributed by atoms with Crippen LogP contribution in [0.25, 0.3) is 0 Å². The zero-order valence-corrected chi connectivity index (χ0v) is 8.79. The largest absolute Gasteiger partial charge is 0.380 e.